The van der Waals surface area contributed by atoms with Crippen LogP contribution in [0.4, 0.5) is 0 Å². The predicted octanol–water partition coefficient (Wildman–Crippen LogP) is 5.60. The molecule has 0 bridgehead atoms. The summed E-state index contributed by atoms with van der Waals surface area (Å²) in [7, 11) is 2.10. The maximum atomic E-state index is 13.1. The standard InChI is InChI=1S/C24H25ClN2O/c1-15-16(2)24(28)27(14-13-18-9-11-19(25)12-10-18)23(15)22-17(3)26(4)21-8-6-5-7-20(21)22/h5-12,23H,13-14H2,1-4H3. The number of aromatic nitrogens is 1. The molecule has 3 aromatic rings. The van der Waals surface area contributed by atoms with Gasteiger partial charge in [-0.1, -0.05) is 41.9 Å². The number of aryl methyl sites for hydroxylation is 1. The van der Waals surface area contributed by atoms with E-state index >= 15 is 0 Å². The molecule has 144 valence electrons. The summed E-state index contributed by atoms with van der Waals surface area (Å²) >= 11 is 6.01. The third-order valence-corrected chi connectivity index (χ3v) is 6.42. The van der Waals surface area contributed by atoms with Crippen LogP contribution in [0, 0.1) is 6.92 Å². The van der Waals surface area contributed by atoms with E-state index in [-0.39, 0.29) is 11.9 Å². The molecule has 3 nitrogen and oxygen atoms in total. The van der Waals surface area contributed by atoms with Crippen LogP contribution < -0.4 is 0 Å². The first-order chi connectivity index (χ1) is 13.4. The van der Waals surface area contributed by atoms with E-state index in [1.807, 2.05) is 36.1 Å². The van der Waals surface area contributed by atoms with Gasteiger partial charge in [-0.25, -0.2) is 0 Å². The summed E-state index contributed by atoms with van der Waals surface area (Å²) in [4.78, 5) is 15.1. The summed E-state index contributed by atoms with van der Waals surface area (Å²) in [6.07, 6.45) is 0.809. The van der Waals surface area contributed by atoms with Crippen LogP contribution in [-0.4, -0.2) is 21.9 Å². The molecule has 0 radical (unpaired) electrons. The van der Waals surface area contributed by atoms with Gasteiger partial charge in [0, 0.05) is 46.3 Å². The first-order valence-corrected chi connectivity index (χ1v) is 10.0. The minimum atomic E-state index is -0.00843. The number of carbonyl (C=O) groups excluding carboxylic acids is 1. The number of amides is 1. The van der Waals surface area contributed by atoms with Crippen LogP contribution in [-0.2, 0) is 18.3 Å². The van der Waals surface area contributed by atoms with E-state index in [0.717, 1.165) is 22.6 Å². The largest absolute Gasteiger partial charge is 0.348 e. The molecule has 28 heavy (non-hydrogen) atoms. The fourth-order valence-electron chi connectivity index (χ4n) is 4.34. The monoisotopic (exact) mass is 392 g/mol. The molecular formula is C24H25ClN2O. The van der Waals surface area contributed by atoms with Gasteiger partial charge in [0.25, 0.3) is 0 Å². The third kappa shape index (κ3) is 2.94. The van der Waals surface area contributed by atoms with Gasteiger partial charge in [-0.2, -0.15) is 0 Å². The fourth-order valence-corrected chi connectivity index (χ4v) is 4.47. The van der Waals surface area contributed by atoms with Gasteiger partial charge < -0.3 is 9.47 Å². The van der Waals surface area contributed by atoms with Crippen LogP contribution >= 0.6 is 11.6 Å². The van der Waals surface area contributed by atoms with E-state index in [0.29, 0.717) is 6.54 Å². The third-order valence-electron chi connectivity index (χ3n) is 6.17. The van der Waals surface area contributed by atoms with Crippen molar-refractivity contribution in [1.29, 1.82) is 0 Å². The second-order valence-corrected chi connectivity index (χ2v) is 8.10. The molecule has 1 aliphatic heterocycles. The first-order valence-electron chi connectivity index (χ1n) is 9.67. The summed E-state index contributed by atoms with van der Waals surface area (Å²) in [6, 6.07) is 16.3. The molecule has 0 aliphatic carbocycles. The average Bonchev–Trinajstić information content (AvgIpc) is 3.07. The second kappa shape index (κ2) is 7.14. The fraction of sp³-hybridized carbons (Fsp3) is 0.292. The Labute approximate surface area is 171 Å². The van der Waals surface area contributed by atoms with Crippen molar-refractivity contribution in [2.24, 2.45) is 7.05 Å². The predicted molar refractivity (Wildman–Crippen MR) is 116 cm³/mol. The smallest absolute Gasteiger partial charge is 0.250 e. The van der Waals surface area contributed by atoms with Crippen molar-refractivity contribution >= 4 is 28.4 Å². The molecule has 0 saturated carbocycles. The van der Waals surface area contributed by atoms with Crippen molar-refractivity contribution < 1.29 is 4.79 Å². The summed E-state index contributed by atoms with van der Waals surface area (Å²) < 4.78 is 2.23. The highest BCUT2D eigenvalue weighted by Gasteiger charge is 2.38. The maximum absolute atomic E-state index is 13.1. The first kappa shape index (κ1) is 18.8. The van der Waals surface area contributed by atoms with Crippen molar-refractivity contribution in [3.8, 4) is 0 Å². The molecule has 1 unspecified atom stereocenters. The molecule has 2 heterocycles. The van der Waals surface area contributed by atoms with E-state index in [1.54, 1.807) is 0 Å². The molecular weight excluding hydrogens is 368 g/mol. The van der Waals surface area contributed by atoms with Gasteiger partial charge in [0.05, 0.1) is 6.04 Å². The van der Waals surface area contributed by atoms with Crippen molar-refractivity contribution in [2.45, 2.75) is 33.2 Å². The second-order valence-electron chi connectivity index (χ2n) is 7.66. The van der Waals surface area contributed by atoms with Gasteiger partial charge in [0.2, 0.25) is 5.91 Å². The van der Waals surface area contributed by atoms with Crippen molar-refractivity contribution in [2.75, 3.05) is 6.54 Å². The Morgan fingerprint density at radius 1 is 1.00 bits per heavy atom. The van der Waals surface area contributed by atoms with E-state index in [4.69, 9.17) is 11.6 Å². The highest BCUT2D eigenvalue weighted by atomic mass is 35.5. The normalized spacial score (nSPS) is 17.2. The van der Waals surface area contributed by atoms with Gasteiger partial charge in [-0.15, -0.1) is 0 Å². The van der Waals surface area contributed by atoms with E-state index in [2.05, 4.69) is 49.7 Å². The van der Waals surface area contributed by atoms with E-state index < -0.39 is 0 Å². The van der Waals surface area contributed by atoms with Gasteiger partial charge in [-0.05, 0) is 56.5 Å². The molecule has 2 aromatic carbocycles. The summed E-state index contributed by atoms with van der Waals surface area (Å²) in [6.45, 7) is 6.88. The van der Waals surface area contributed by atoms with Crippen LogP contribution in [0.15, 0.2) is 59.7 Å². The van der Waals surface area contributed by atoms with E-state index in [9.17, 15) is 4.79 Å². The Morgan fingerprint density at radius 3 is 2.39 bits per heavy atom. The van der Waals surface area contributed by atoms with Crippen molar-refractivity contribution in [3.63, 3.8) is 0 Å². The van der Waals surface area contributed by atoms with Gasteiger partial charge in [0.15, 0.2) is 0 Å². The zero-order chi connectivity index (χ0) is 20.0. The lowest BCUT2D eigenvalue weighted by Crippen LogP contribution is -2.32. The number of hydrogen-bond acceptors (Lipinski definition) is 1. The Balaban J connectivity index is 1.74. The van der Waals surface area contributed by atoms with Gasteiger partial charge in [0.1, 0.15) is 0 Å². The number of halogens is 1. The molecule has 1 amide bonds. The molecule has 0 spiro atoms. The molecule has 0 fully saturated rings. The van der Waals surface area contributed by atoms with Crippen LogP contribution in [0.5, 0.6) is 0 Å². The van der Waals surface area contributed by atoms with Gasteiger partial charge in [-0.3, -0.25) is 4.79 Å². The Morgan fingerprint density at radius 2 is 1.68 bits per heavy atom. The number of carbonyl (C=O) groups is 1. The number of para-hydroxylation sites is 1. The lowest BCUT2D eigenvalue weighted by atomic mass is 9.96. The highest BCUT2D eigenvalue weighted by molar-refractivity contribution is 6.30. The topological polar surface area (TPSA) is 25.2 Å². The summed E-state index contributed by atoms with van der Waals surface area (Å²) in [5.74, 6) is 0.142. The SMILES string of the molecule is CC1=C(C)C(c2c(C)n(C)c3ccccc23)N(CCc2ccc(Cl)cc2)C1=O. The van der Waals surface area contributed by atoms with E-state index in [1.165, 1.54) is 27.7 Å². The Bertz CT molecular complexity index is 1090. The molecule has 0 saturated heterocycles. The molecule has 1 atom stereocenters. The van der Waals surface area contributed by atoms with Crippen LogP contribution in [0.1, 0.15) is 36.7 Å². The summed E-state index contributed by atoms with van der Waals surface area (Å²) in [5, 5.41) is 1.96. The molecule has 4 heteroatoms. The quantitative estimate of drug-likeness (QED) is 0.567. The number of rotatable bonds is 4. The van der Waals surface area contributed by atoms with Crippen molar-refractivity contribution in [3.05, 3.63) is 81.5 Å². The lowest BCUT2D eigenvalue weighted by Gasteiger charge is -2.27. The van der Waals surface area contributed by atoms with Gasteiger partial charge >= 0.3 is 0 Å². The average molecular weight is 393 g/mol. The molecule has 0 N–H and O–H groups in total. The maximum Gasteiger partial charge on any atom is 0.250 e. The summed E-state index contributed by atoms with van der Waals surface area (Å²) in [5.41, 5.74) is 6.88. The molecule has 1 aliphatic rings. The van der Waals surface area contributed by atoms with Crippen molar-refractivity contribution in [1.82, 2.24) is 9.47 Å². The zero-order valence-electron chi connectivity index (χ0n) is 16.8. The zero-order valence-corrected chi connectivity index (χ0v) is 17.5. The molecule has 1 aromatic heterocycles. The Kier molecular flexibility index (Phi) is 4.80. The lowest BCUT2D eigenvalue weighted by molar-refractivity contribution is -0.127. The number of nitrogens with zero attached hydrogens (tertiary/aromatic N) is 2. The van der Waals surface area contributed by atoms with Crippen LogP contribution in [0.25, 0.3) is 10.9 Å². The van der Waals surface area contributed by atoms with Crippen LogP contribution in [0.2, 0.25) is 5.02 Å². The highest BCUT2D eigenvalue weighted by Crippen LogP contribution is 2.42. The Hall–Kier alpha value is -2.52. The number of hydrogen-bond donors (Lipinski definition) is 0. The molecule has 4 rings (SSSR count). The number of fused-ring (bicyclic) bond motifs is 1. The minimum absolute atomic E-state index is 0.00843. The minimum Gasteiger partial charge on any atom is -0.348 e. The van der Waals surface area contributed by atoms with Crippen LogP contribution in [0.3, 0.4) is 0 Å². The number of benzene rings is 2.